The topological polar surface area (TPSA) is 3.24 Å². The van der Waals surface area contributed by atoms with Crippen molar-refractivity contribution in [2.45, 2.75) is 19.1 Å². The number of nitrogens with zero attached hydrogens (tertiary/aromatic N) is 1. The summed E-state index contributed by atoms with van der Waals surface area (Å²) < 4.78 is 14.0. The molecule has 0 amide bonds. The predicted molar refractivity (Wildman–Crippen MR) is 61.2 cm³/mol. The van der Waals surface area contributed by atoms with Crippen molar-refractivity contribution in [1.29, 1.82) is 0 Å². The molecule has 1 nitrogen and oxygen atoms in total. The second-order valence-electron chi connectivity index (χ2n) is 3.67. The van der Waals surface area contributed by atoms with Crippen molar-refractivity contribution in [2.75, 3.05) is 13.6 Å². The van der Waals surface area contributed by atoms with Crippen LogP contribution in [0.1, 0.15) is 18.7 Å². The fourth-order valence-corrected chi connectivity index (χ4v) is 1.43. The lowest BCUT2D eigenvalue weighted by molar-refractivity contribution is 0.162. The third-order valence-corrected chi connectivity index (χ3v) is 2.58. The molecule has 80 valence electrons. The Balaban J connectivity index is 2.69. The van der Waals surface area contributed by atoms with Gasteiger partial charge in [-0.15, -0.1) is 6.42 Å². The smallest absolute Gasteiger partial charge is 0.140 e. The Bertz CT molecular complexity index is 328. The van der Waals surface area contributed by atoms with Crippen LogP contribution in [0.3, 0.4) is 0 Å². The van der Waals surface area contributed by atoms with Crippen molar-refractivity contribution < 1.29 is 4.39 Å². The number of hydrogen-bond donors (Lipinski definition) is 0. The number of terminal acetylenes is 1. The van der Waals surface area contributed by atoms with E-state index in [0.29, 0.717) is 12.1 Å². The first kappa shape index (κ1) is 11.7. The quantitative estimate of drug-likeness (QED) is 0.681. The van der Waals surface area contributed by atoms with Crippen LogP contribution < -0.4 is 0 Å². The lowest BCUT2D eigenvalue weighted by Crippen LogP contribution is -2.33. The fourth-order valence-electron chi connectivity index (χ4n) is 1.43. The Hall–Kier alpha value is -1.33. The second-order valence-corrected chi connectivity index (χ2v) is 3.67. The van der Waals surface area contributed by atoms with Crippen LogP contribution in [-0.2, 0) is 0 Å². The molecule has 0 fully saturated rings. The van der Waals surface area contributed by atoms with E-state index in [1.54, 1.807) is 12.1 Å². The van der Waals surface area contributed by atoms with Crippen molar-refractivity contribution in [3.8, 4) is 12.3 Å². The van der Waals surface area contributed by atoms with E-state index in [0.717, 1.165) is 0 Å². The highest BCUT2D eigenvalue weighted by atomic mass is 18.2. The Morgan fingerprint density at radius 3 is 2.53 bits per heavy atom. The molecule has 0 bridgehead atoms. The monoisotopic (exact) mass is 204 g/mol. The molecule has 0 aliphatic carbocycles. The van der Waals surface area contributed by atoms with E-state index in [2.05, 4.69) is 5.92 Å². The van der Waals surface area contributed by atoms with E-state index >= 15 is 0 Å². The number of hydrogen-bond acceptors (Lipinski definition) is 1. The molecule has 0 aliphatic rings. The maximum atomic E-state index is 14.0. The molecule has 2 atom stereocenters. The van der Waals surface area contributed by atoms with Gasteiger partial charge in [0.05, 0.1) is 6.54 Å². The minimum Gasteiger partial charge on any atom is -0.289 e. The van der Waals surface area contributed by atoms with E-state index in [9.17, 15) is 4.39 Å². The molecule has 0 saturated carbocycles. The van der Waals surface area contributed by atoms with Crippen LogP contribution in [0.25, 0.3) is 0 Å². The number of benzene rings is 1. The number of rotatable bonds is 4. The predicted octanol–water partition coefficient (Wildman–Crippen LogP) is 2.65. The highest BCUT2D eigenvalue weighted by Crippen LogP contribution is 2.23. The van der Waals surface area contributed by atoms with E-state index in [4.69, 9.17) is 6.42 Å². The lowest BCUT2D eigenvalue weighted by Gasteiger charge is -2.25. The van der Waals surface area contributed by atoms with Gasteiger partial charge in [-0.25, -0.2) is 4.39 Å². The summed E-state index contributed by atoms with van der Waals surface area (Å²) in [4.78, 5) is 1.83. The molecule has 0 unspecified atom stereocenters. The third kappa shape index (κ3) is 3.07. The summed E-state index contributed by atoms with van der Waals surface area (Å²) in [5.41, 5.74) is 0.703. The zero-order valence-corrected chi connectivity index (χ0v) is 9.15. The van der Waals surface area contributed by atoms with Gasteiger partial charge in [-0.05, 0) is 19.5 Å². The summed E-state index contributed by atoms with van der Waals surface area (Å²) in [6, 6.07) is 8.96. The number of likely N-dealkylation sites (N-methyl/N-ethyl adjacent to an activating group) is 1. The molecule has 0 saturated heterocycles. The Labute approximate surface area is 90.9 Å². The van der Waals surface area contributed by atoms with Gasteiger partial charge in [0, 0.05) is 6.04 Å². The SMILES string of the molecule is C#CCN(C)[C@H](C)[C@H]([18F])c1ccccc1. The highest BCUT2D eigenvalue weighted by molar-refractivity contribution is 5.18. The van der Waals surface area contributed by atoms with Gasteiger partial charge in [0.15, 0.2) is 0 Å². The average Bonchev–Trinajstić information content (AvgIpc) is 2.28. The fraction of sp³-hybridized carbons (Fsp3) is 0.385. The summed E-state index contributed by atoms with van der Waals surface area (Å²) in [5, 5.41) is 0. The summed E-state index contributed by atoms with van der Waals surface area (Å²) in [5.74, 6) is 2.51. The van der Waals surface area contributed by atoms with Gasteiger partial charge in [0.2, 0.25) is 0 Å². The Morgan fingerprint density at radius 1 is 1.40 bits per heavy atom. The second kappa shape index (κ2) is 5.53. The maximum absolute atomic E-state index is 14.0. The van der Waals surface area contributed by atoms with Crippen LogP contribution in [-0.4, -0.2) is 24.5 Å². The number of halogens is 1. The Morgan fingerprint density at radius 2 is 2.00 bits per heavy atom. The highest BCUT2D eigenvalue weighted by Gasteiger charge is 2.21. The minimum atomic E-state index is -0.996. The van der Waals surface area contributed by atoms with Crippen LogP contribution in [0.15, 0.2) is 30.3 Å². The summed E-state index contributed by atoms with van der Waals surface area (Å²) >= 11 is 0. The van der Waals surface area contributed by atoms with Crippen molar-refractivity contribution in [3.63, 3.8) is 0 Å². The first-order valence-corrected chi connectivity index (χ1v) is 4.99. The molecule has 0 radical (unpaired) electrons. The van der Waals surface area contributed by atoms with Gasteiger partial charge < -0.3 is 0 Å². The van der Waals surface area contributed by atoms with Crippen LogP contribution in [0.4, 0.5) is 4.39 Å². The van der Waals surface area contributed by atoms with Crippen LogP contribution in [0, 0.1) is 12.3 Å². The van der Waals surface area contributed by atoms with Crippen LogP contribution in [0.2, 0.25) is 0 Å². The molecular weight excluding hydrogens is 188 g/mol. The molecule has 1 aromatic rings. The van der Waals surface area contributed by atoms with Gasteiger partial charge >= 0.3 is 0 Å². The van der Waals surface area contributed by atoms with E-state index in [1.165, 1.54) is 0 Å². The molecule has 0 N–H and O–H groups in total. The molecule has 15 heavy (non-hydrogen) atoms. The zero-order chi connectivity index (χ0) is 11.3. The molecule has 0 aliphatic heterocycles. The van der Waals surface area contributed by atoms with Crippen LogP contribution in [0.5, 0.6) is 0 Å². The number of alkyl halides is 1. The first-order chi connectivity index (χ1) is 7.16. The average molecular weight is 204 g/mol. The molecule has 2 heteroatoms. The van der Waals surface area contributed by atoms with Crippen LogP contribution >= 0.6 is 0 Å². The minimum absolute atomic E-state index is 0.205. The summed E-state index contributed by atoms with van der Waals surface area (Å²) in [6.07, 6.45) is 4.20. The van der Waals surface area contributed by atoms with Gasteiger partial charge in [-0.3, -0.25) is 4.90 Å². The van der Waals surface area contributed by atoms with Gasteiger partial charge in [0.25, 0.3) is 0 Å². The van der Waals surface area contributed by atoms with E-state index in [-0.39, 0.29) is 6.04 Å². The third-order valence-electron chi connectivity index (χ3n) is 2.58. The van der Waals surface area contributed by atoms with Crippen molar-refractivity contribution in [2.24, 2.45) is 0 Å². The van der Waals surface area contributed by atoms with Crippen molar-refractivity contribution >= 4 is 0 Å². The van der Waals surface area contributed by atoms with Crippen molar-refractivity contribution in [3.05, 3.63) is 35.9 Å². The van der Waals surface area contributed by atoms with E-state index < -0.39 is 6.17 Å². The molecule has 1 aromatic carbocycles. The summed E-state index contributed by atoms with van der Waals surface area (Å²) in [6.45, 7) is 2.31. The molecular formula is C13H16FN. The molecule has 0 spiro atoms. The van der Waals surface area contributed by atoms with E-state index in [1.807, 2.05) is 37.1 Å². The normalized spacial score (nSPS) is 14.6. The molecule has 0 heterocycles. The summed E-state index contributed by atoms with van der Waals surface area (Å²) in [7, 11) is 1.83. The van der Waals surface area contributed by atoms with Crippen molar-refractivity contribution in [1.82, 2.24) is 4.90 Å². The maximum Gasteiger partial charge on any atom is 0.140 e. The largest absolute Gasteiger partial charge is 0.289 e. The Kier molecular flexibility index (Phi) is 4.33. The zero-order valence-electron chi connectivity index (χ0n) is 9.15. The lowest BCUT2D eigenvalue weighted by atomic mass is 10.0. The van der Waals surface area contributed by atoms with Gasteiger partial charge in [-0.2, -0.15) is 0 Å². The van der Waals surface area contributed by atoms with Gasteiger partial charge in [0.1, 0.15) is 6.17 Å². The first-order valence-electron chi connectivity index (χ1n) is 4.99. The standard InChI is InChI=1S/C13H16FN/c1-4-10-15(3)11(2)13(14)12-8-6-5-7-9-12/h1,5-9,11,13H,10H2,2-3H3/t11-,13+/m1/s1/i14-1. The molecule has 1 rings (SSSR count). The molecule has 0 aromatic heterocycles. The van der Waals surface area contributed by atoms with Gasteiger partial charge in [-0.1, -0.05) is 36.3 Å².